The number of unbranched alkanes of at least 4 members (excludes halogenated alkanes) is 1. The minimum atomic E-state index is -1.24. The molecule has 6 atom stereocenters. The number of aromatic amines is 1. The van der Waals surface area contributed by atoms with Crippen LogP contribution in [0.15, 0.2) is 114 Å². The van der Waals surface area contributed by atoms with Gasteiger partial charge in [0.05, 0.1) is 30.3 Å². The fourth-order valence-corrected chi connectivity index (χ4v) is 12.1. The van der Waals surface area contributed by atoms with E-state index in [4.69, 9.17) is 10.7 Å². The Labute approximate surface area is 549 Å². The molecule has 2 fully saturated rings. The van der Waals surface area contributed by atoms with E-state index in [2.05, 4.69) is 121 Å². The third kappa shape index (κ3) is 20.6. The van der Waals surface area contributed by atoms with Gasteiger partial charge in [0, 0.05) is 93.6 Å². The van der Waals surface area contributed by atoms with Crippen molar-refractivity contribution in [1.82, 2.24) is 57.5 Å². The minimum absolute atomic E-state index is 0.0536. The van der Waals surface area contributed by atoms with E-state index in [-0.39, 0.29) is 43.0 Å². The van der Waals surface area contributed by atoms with Gasteiger partial charge in [0.25, 0.3) is 0 Å². The number of H-pyrrole nitrogens is 1. The van der Waals surface area contributed by atoms with E-state index in [0.717, 1.165) is 97.3 Å². The molecule has 11 N–H and O–H groups in total. The van der Waals surface area contributed by atoms with Gasteiger partial charge in [-0.1, -0.05) is 63.6 Å². The van der Waals surface area contributed by atoms with Crippen LogP contribution in [0.25, 0.3) is 27.8 Å². The van der Waals surface area contributed by atoms with E-state index in [1.54, 1.807) is 0 Å². The van der Waals surface area contributed by atoms with E-state index in [1.165, 1.54) is 19.4 Å². The highest BCUT2D eigenvalue weighted by atomic mass is 16.2. The third-order valence-electron chi connectivity index (χ3n) is 17.5. The van der Waals surface area contributed by atoms with Crippen LogP contribution in [0.4, 0.5) is 22.7 Å². The molecule has 2 aromatic heterocycles. The van der Waals surface area contributed by atoms with E-state index in [1.807, 2.05) is 74.6 Å². The molecule has 0 unspecified atom stereocenters. The fourth-order valence-electron chi connectivity index (χ4n) is 12.1. The standard InChI is InChI=1S/C69H93N17O8/c1-6-19-57(78-63(88)43-74-66(91)58(38-46-20-11-9-12-21-46)80-67(92)56-25-17-36-72-56)68(93)81-59(39-49-42-71-44-75-49)69(94)76-45(4)65(90)79-55(64(70)89)24-15-16-35-73-62(87)26-18-37-84(5)50-30-27-47(28-31-50)82-83-48-29-33-53-60(40-48)86(51-22-13-10-14-23-51)61-41-52(85(7-2)8-3)32-34-54(61)77-53/h10,13-14,22-23,27-34,40-42,44-46,55-59,72H,6-9,11-12,15-21,24-26,35-39,43H2,1-5H3,(H9-,70,71,73,74,75,76,78,79,80,81,87,88,89,90,91,92,93,94)/p+1/t45-,55-,56-,57-,58-,59-/m0/s1. The van der Waals surface area contributed by atoms with Gasteiger partial charge in [0.15, 0.2) is 0 Å². The molecule has 8 rings (SSSR count). The second-order valence-corrected chi connectivity index (χ2v) is 24.5. The van der Waals surface area contributed by atoms with Crippen molar-refractivity contribution in [1.29, 1.82) is 0 Å². The first-order chi connectivity index (χ1) is 45.5. The van der Waals surface area contributed by atoms with Crippen LogP contribution in [-0.2, 0) is 44.8 Å². The van der Waals surface area contributed by atoms with Gasteiger partial charge in [-0.3, -0.25) is 38.4 Å². The Balaban J connectivity index is 0.751. The second-order valence-electron chi connectivity index (χ2n) is 24.5. The number of primary amides is 1. The highest BCUT2D eigenvalue weighted by Crippen LogP contribution is 2.29. The topological polar surface area (TPSA) is 335 Å². The number of aromatic nitrogens is 4. The van der Waals surface area contributed by atoms with Crippen LogP contribution >= 0.6 is 0 Å². The van der Waals surface area contributed by atoms with Gasteiger partial charge in [-0.05, 0) is 133 Å². The Morgan fingerprint density at radius 2 is 1.36 bits per heavy atom. The number of nitrogens with zero attached hydrogens (tertiary/aromatic N) is 7. The summed E-state index contributed by atoms with van der Waals surface area (Å²) in [4.78, 5) is 123. The largest absolute Gasteiger partial charge is 0.375 e. The number of carbonyl (C=O) groups excluding carboxylic acids is 8. The van der Waals surface area contributed by atoms with Gasteiger partial charge >= 0.3 is 0 Å². The molecular weight excluding hydrogens is 1190 g/mol. The minimum Gasteiger partial charge on any atom is -0.375 e. The van der Waals surface area contributed by atoms with Crippen LogP contribution in [0, 0.1) is 5.92 Å². The maximum absolute atomic E-state index is 13.9. The predicted octanol–water partition coefficient (Wildman–Crippen LogP) is 5.96. The average molecular weight is 1290 g/mol. The molecule has 4 aromatic carbocycles. The lowest BCUT2D eigenvalue weighted by atomic mass is 9.84. The number of azo groups is 1. The molecule has 0 bridgehead atoms. The smallest absolute Gasteiger partial charge is 0.243 e. The van der Waals surface area contributed by atoms with Crippen molar-refractivity contribution in [3.63, 3.8) is 0 Å². The van der Waals surface area contributed by atoms with Crippen LogP contribution in [0.3, 0.4) is 0 Å². The van der Waals surface area contributed by atoms with E-state index >= 15 is 0 Å². The number of fused-ring (bicyclic) bond motifs is 2. The maximum Gasteiger partial charge on any atom is 0.243 e. The lowest BCUT2D eigenvalue weighted by Gasteiger charge is -2.27. The first-order valence-corrected chi connectivity index (χ1v) is 33.4. The zero-order valence-corrected chi connectivity index (χ0v) is 54.9. The number of hydrogen-bond donors (Lipinski definition) is 10. The predicted molar refractivity (Wildman–Crippen MR) is 361 cm³/mol. The highest BCUT2D eigenvalue weighted by molar-refractivity contribution is 5.96. The van der Waals surface area contributed by atoms with Gasteiger partial charge in [-0.25, -0.2) is 9.97 Å². The van der Waals surface area contributed by atoms with Gasteiger partial charge < -0.3 is 63.1 Å². The maximum atomic E-state index is 13.9. The van der Waals surface area contributed by atoms with E-state index < -0.39 is 72.2 Å². The molecule has 1 aliphatic carbocycles. The quantitative estimate of drug-likeness (QED) is 0.00951. The lowest BCUT2D eigenvalue weighted by Crippen LogP contribution is -2.58. The van der Waals surface area contributed by atoms with Crippen molar-refractivity contribution >= 4 is 92.1 Å². The first-order valence-electron chi connectivity index (χ1n) is 33.4. The van der Waals surface area contributed by atoms with Crippen molar-refractivity contribution in [2.24, 2.45) is 21.9 Å². The molecule has 1 saturated carbocycles. The molecule has 1 aliphatic heterocycles. The summed E-state index contributed by atoms with van der Waals surface area (Å²) >= 11 is 0. The van der Waals surface area contributed by atoms with Crippen LogP contribution in [0.1, 0.15) is 130 Å². The number of nitrogens with two attached hydrogens (primary N) is 1. The first kappa shape index (κ1) is 70.5. The number of imidazole rings is 1. The second kappa shape index (κ2) is 35.6. The van der Waals surface area contributed by atoms with E-state index in [0.29, 0.717) is 75.1 Å². The monoisotopic (exact) mass is 1290 g/mol. The number of anilines is 2. The van der Waals surface area contributed by atoms with Crippen molar-refractivity contribution < 1.29 is 42.9 Å². The Morgan fingerprint density at radius 3 is 2.05 bits per heavy atom. The van der Waals surface area contributed by atoms with Crippen LogP contribution in [0.5, 0.6) is 0 Å². The molecule has 25 heteroatoms. The van der Waals surface area contributed by atoms with Crippen molar-refractivity contribution in [3.8, 4) is 5.69 Å². The number of rotatable bonds is 35. The summed E-state index contributed by atoms with van der Waals surface area (Å²) in [7, 11) is 1.96. The number of hydrogen-bond acceptors (Lipinski definition) is 15. The van der Waals surface area contributed by atoms with Gasteiger partial charge in [-0.15, -0.1) is 4.57 Å². The summed E-state index contributed by atoms with van der Waals surface area (Å²) in [6, 6.07) is 24.6. The zero-order chi connectivity index (χ0) is 66.9. The number of carbonyl (C=O) groups is 8. The number of amides is 8. The molecule has 8 amide bonds. The lowest BCUT2D eigenvalue weighted by molar-refractivity contribution is -0.538. The number of nitrogens with one attached hydrogen (secondary N) is 9. The normalized spacial score (nSPS) is 15.7. The fraction of sp³-hybridized carbons (Fsp3) is 0.493. The molecule has 6 aromatic rings. The van der Waals surface area contributed by atoms with Crippen LogP contribution in [-0.4, -0.2) is 145 Å². The Kier molecular flexibility index (Phi) is 26.7. The SMILES string of the molecule is CCC[C@H](NC(=O)CNC(=O)[C@H](CC1CCCCC1)NC(=O)[C@@H]1CCCN1)C(=O)N[C@@H](Cc1cnc[nH]1)C(=O)N[C@@H](C)C(=O)N[C@@H](CCCCNC(=O)CCCN(C)c1ccc(N=Nc2ccc3nc4ccc(N(CC)CC)cc4[n+](-c4ccccc4)c3c2)cc1)C(N)=O. The third-order valence-corrected chi connectivity index (χ3v) is 17.5. The number of para-hydroxylation sites is 1. The molecule has 0 spiro atoms. The van der Waals surface area contributed by atoms with Gasteiger partial charge in [0.1, 0.15) is 41.2 Å². The molecule has 1 saturated heterocycles. The summed E-state index contributed by atoms with van der Waals surface area (Å²) in [6.45, 7) is 10.6. The number of benzene rings is 4. The van der Waals surface area contributed by atoms with E-state index in [9.17, 15) is 38.4 Å². The summed E-state index contributed by atoms with van der Waals surface area (Å²) in [6.07, 6.45) is 12.7. The van der Waals surface area contributed by atoms with Gasteiger partial charge in [-0.2, -0.15) is 10.2 Å². The molecule has 502 valence electrons. The Bertz CT molecular complexity index is 3540. The molecule has 94 heavy (non-hydrogen) atoms. The van der Waals surface area contributed by atoms with Crippen molar-refractivity contribution in [2.75, 3.05) is 56.1 Å². The van der Waals surface area contributed by atoms with Crippen molar-refractivity contribution in [3.05, 3.63) is 109 Å². The molecule has 0 radical (unpaired) electrons. The molecule has 2 aliphatic rings. The summed E-state index contributed by atoms with van der Waals surface area (Å²) < 4.78 is 2.23. The molecule has 3 heterocycles. The van der Waals surface area contributed by atoms with Crippen molar-refractivity contribution in [2.45, 2.75) is 167 Å². The highest BCUT2D eigenvalue weighted by Gasteiger charge is 2.33. The molecule has 25 nitrogen and oxygen atoms in total. The van der Waals surface area contributed by atoms with Gasteiger partial charge in [0.2, 0.25) is 64.0 Å². The summed E-state index contributed by atoms with van der Waals surface area (Å²) in [5.74, 6) is -4.08. The molecular formula is C69H94N17O8+. The van der Waals surface area contributed by atoms with Crippen LogP contribution in [0.2, 0.25) is 0 Å². The Hall–Kier alpha value is -9.39. The van der Waals surface area contributed by atoms with Crippen LogP contribution < -0.4 is 62.6 Å². The summed E-state index contributed by atoms with van der Waals surface area (Å²) in [5.41, 5.74) is 14.3. The Morgan fingerprint density at radius 1 is 0.670 bits per heavy atom. The zero-order valence-electron chi connectivity index (χ0n) is 54.9. The summed E-state index contributed by atoms with van der Waals surface area (Å²) in [5, 5.41) is 31.5. The average Bonchev–Trinajstić information content (AvgIpc) is 0.765.